The predicted molar refractivity (Wildman–Crippen MR) is 87.5 cm³/mol. The molecule has 2 aromatic rings. The Morgan fingerprint density at radius 2 is 1.67 bits per heavy atom. The topological polar surface area (TPSA) is 46.3 Å². The summed E-state index contributed by atoms with van der Waals surface area (Å²) in [6, 6.07) is 12.7. The summed E-state index contributed by atoms with van der Waals surface area (Å²) in [7, 11) is 1.77. The standard InChI is InChI=1S/C16H16Cl2N2O/c1-20(10-12-4-7-14(17)15(18)8-12)16(21)9-11-2-5-13(19)6-3-11/h2-8H,9-10,19H2,1H3. The molecule has 21 heavy (non-hydrogen) atoms. The summed E-state index contributed by atoms with van der Waals surface area (Å²) in [4.78, 5) is 13.9. The summed E-state index contributed by atoms with van der Waals surface area (Å²) in [5.74, 6) is 0.0332. The monoisotopic (exact) mass is 322 g/mol. The summed E-state index contributed by atoms with van der Waals surface area (Å²) in [6.07, 6.45) is 0.345. The van der Waals surface area contributed by atoms with Crippen LogP contribution in [0.2, 0.25) is 10.0 Å². The number of halogens is 2. The first-order valence-electron chi connectivity index (χ1n) is 6.48. The fourth-order valence-electron chi connectivity index (χ4n) is 1.95. The van der Waals surface area contributed by atoms with E-state index in [1.54, 1.807) is 36.2 Å². The van der Waals surface area contributed by atoms with Gasteiger partial charge in [-0.1, -0.05) is 41.4 Å². The van der Waals surface area contributed by atoms with Crippen LogP contribution in [0.4, 0.5) is 5.69 Å². The van der Waals surface area contributed by atoms with Crippen molar-refractivity contribution < 1.29 is 4.79 Å². The molecule has 110 valence electrons. The lowest BCUT2D eigenvalue weighted by atomic mass is 10.1. The van der Waals surface area contributed by atoms with Crippen LogP contribution in [0.5, 0.6) is 0 Å². The number of anilines is 1. The summed E-state index contributed by atoms with van der Waals surface area (Å²) < 4.78 is 0. The Bertz CT molecular complexity index is 641. The van der Waals surface area contributed by atoms with Gasteiger partial charge in [0, 0.05) is 19.3 Å². The number of carbonyl (C=O) groups excluding carboxylic acids is 1. The first-order valence-corrected chi connectivity index (χ1v) is 7.23. The number of hydrogen-bond acceptors (Lipinski definition) is 2. The Morgan fingerprint density at radius 1 is 1.05 bits per heavy atom. The molecule has 3 nitrogen and oxygen atoms in total. The van der Waals surface area contributed by atoms with Crippen molar-refractivity contribution in [2.75, 3.05) is 12.8 Å². The largest absolute Gasteiger partial charge is 0.399 e. The number of rotatable bonds is 4. The van der Waals surface area contributed by atoms with E-state index >= 15 is 0 Å². The van der Waals surface area contributed by atoms with Gasteiger partial charge in [-0.15, -0.1) is 0 Å². The molecule has 0 unspecified atom stereocenters. The van der Waals surface area contributed by atoms with Crippen LogP contribution in [0.15, 0.2) is 42.5 Å². The van der Waals surface area contributed by atoms with Crippen molar-refractivity contribution in [2.24, 2.45) is 0 Å². The molecule has 1 amide bonds. The van der Waals surface area contributed by atoms with E-state index in [1.807, 2.05) is 18.2 Å². The normalized spacial score (nSPS) is 10.4. The van der Waals surface area contributed by atoms with E-state index in [-0.39, 0.29) is 5.91 Å². The van der Waals surface area contributed by atoms with Gasteiger partial charge in [-0.3, -0.25) is 4.79 Å². The molecule has 2 aromatic carbocycles. The van der Waals surface area contributed by atoms with E-state index in [9.17, 15) is 4.79 Å². The number of likely N-dealkylation sites (N-methyl/N-ethyl adjacent to an activating group) is 1. The summed E-state index contributed by atoms with van der Waals surface area (Å²) in [5, 5.41) is 1.00. The van der Waals surface area contributed by atoms with Crippen LogP contribution in [0.25, 0.3) is 0 Å². The highest BCUT2D eigenvalue weighted by molar-refractivity contribution is 6.42. The number of nitrogens with two attached hydrogens (primary N) is 1. The molecule has 2 N–H and O–H groups in total. The minimum atomic E-state index is 0.0332. The van der Waals surface area contributed by atoms with E-state index in [0.29, 0.717) is 28.7 Å². The smallest absolute Gasteiger partial charge is 0.227 e. The zero-order valence-electron chi connectivity index (χ0n) is 11.6. The van der Waals surface area contributed by atoms with Crippen molar-refractivity contribution in [1.82, 2.24) is 4.90 Å². The van der Waals surface area contributed by atoms with E-state index < -0.39 is 0 Å². The maximum absolute atomic E-state index is 12.2. The second-order valence-electron chi connectivity index (χ2n) is 4.92. The summed E-state index contributed by atoms with van der Waals surface area (Å²) in [6.45, 7) is 0.491. The molecule has 5 heteroatoms. The molecule has 0 aliphatic rings. The maximum atomic E-state index is 12.2. The first-order chi connectivity index (χ1) is 9.95. The van der Waals surface area contributed by atoms with Gasteiger partial charge in [0.25, 0.3) is 0 Å². The van der Waals surface area contributed by atoms with E-state index in [0.717, 1.165) is 11.1 Å². The van der Waals surface area contributed by atoms with Gasteiger partial charge in [-0.25, -0.2) is 0 Å². The van der Waals surface area contributed by atoms with Crippen LogP contribution < -0.4 is 5.73 Å². The highest BCUT2D eigenvalue weighted by atomic mass is 35.5. The fraction of sp³-hybridized carbons (Fsp3) is 0.188. The number of carbonyl (C=O) groups is 1. The molecule has 2 rings (SSSR count). The average molecular weight is 323 g/mol. The second-order valence-corrected chi connectivity index (χ2v) is 5.73. The molecular weight excluding hydrogens is 307 g/mol. The van der Waals surface area contributed by atoms with Crippen LogP contribution in [0.1, 0.15) is 11.1 Å². The number of benzene rings is 2. The average Bonchev–Trinajstić information content (AvgIpc) is 2.45. The third-order valence-corrected chi connectivity index (χ3v) is 3.90. The van der Waals surface area contributed by atoms with Gasteiger partial charge in [0.15, 0.2) is 0 Å². The maximum Gasteiger partial charge on any atom is 0.227 e. The Morgan fingerprint density at radius 3 is 2.29 bits per heavy atom. The first kappa shape index (κ1) is 15.7. The molecule has 0 atom stereocenters. The van der Waals surface area contributed by atoms with Gasteiger partial charge in [0.1, 0.15) is 0 Å². The van der Waals surface area contributed by atoms with Gasteiger partial charge in [-0.2, -0.15) is 0 Å². The van der Waals surface area contributed by atoms with Gasteiger partial charge >= 0.3 is 0 Å². The van der Waals surface area contributed by atoms with E-state index in [4.69, 9.17) is 28.9 Å². The number of amides is 1. The van der Waals surface area contributed by atoms with Crippen LogP contribution in [-0.4, -0.2) is 17.9 Å². The highest BCUT2D eigenvalue weighted by Gasteiger charge is 2.11. The van der Waals surface area contributed by atoms with Crippen LogP contribution in [0, 0.1) is 0 Å². The summed E-state index contributed by atoms with van der Waals surface area (Å²) >= 11 is 11.9. The van der Waals surface area contributed by atoms with Crippen molar-refractivity contribution in [3.8, 4) is 0 Å². The van der Waals surface area contributed by atoms with Gasteiger partial charge in [0.2, 0.25) is 5.91 Å². The van der Waals surface area contributed by atoms with Crippen molar-refractivity contribution in [1.29, 1.82) is 0 Å². The third-order valence-electron chi connectivity index (χ3n) is 3.16. The molecule has 0 aliphatic carbocycles. The Kier molecular flexibility index (Phi) is 5.10. The molecule has 0 bridgehead atoms. The Labute approximate surface area is 134 Å². The highest BCUT2D eigenvalue weighted by Crippen LogP contribution is 2.23. The molecule has 0 saturated heterocycles. The minimum Gasteiger partial charge on any atom is -0.399 e. The molecule has 0 heterocycles. The van der Waals surface area contributed by atoms with Crippen LogP contribution in [-0.2, 0) is 17.8 Å². The van der Waals surface area contributed by atoms with Crippen molar-refractivity contribution in [3.05, 3.63) is 63.6 Å². The molecule has 0 radical (unpaired) electrons. The van der Waals surface area contributed by atoms with Gasteiger partial charge in [0.05, 0.1) is 16.5 Å². The van der Waals surface area contributed by atoms with Crippen molar-refractivity contribution in [2.45, 2.75) is 13.0 Å². The lowest BCUT2D eigenvalue weighted by Crippen LogP contribution is -2.27. The second kappa shape index (κ2) is 6.83. The Hall–Kier alpha value is -1.71. The molecular formula is C16H16Cl2N2O. The van der Waals surface area contributed by atoms with Crippen LogP contribution >= 0.6 is 23.2 Å². The minimum absolute atomic E-state index is 0.0332. The van der Waals surface area contributed by atoms with Gasteiger partial charge < -0.3 is 10.6 Å². The van der Waals surface area contributed by atoms with Crippen LogP contribution in [0.3, 0.4) is 0 Å². The SMILES string of the molecule is CN(Cc1ccc(Cl)c(Cl)c1)C(=O)Cc1ccc(N)cc1. The molecule has 0 fully saturated rings. The molecule has 0 aliphatic heterocycles. The molecule has 0 aromatic heterocycles. The van der Waals surface area contributed by atoms with E-state index in [1.165, 1.54) is 0 Å². The van der Waals surface area contributed by atoms with Crippen molar-refractivity contribution in [3.63, 3.8) is 0 Å². The zero-order chi connectivity index (χ0) is 15.4. The zero-order valence-corrected chi connectivity index (χ0v) is 13.2. The van der Waals surface area contributed by atoms with Crippen molar-refractivity contribution >= 4 is 34.8 Å². The summed E-state index contributed by atoms with van der Waals surface area (Å²) in [5.41, 5.74) is 8.20. The number of nitrogens with zero attached hydrogens (tertiary/aromatic N) is 1. The van der Waals surface area contributed by atoms with E-state index in [2.05, 4.69) is 0 Å². The lowest BCUT2D eigenvalue weighted by molar-refractivity contribution is -0.129. The Balaban J connectivity index is 1.98. The number of nitrogen functional groups attached to an aromatic ring is 1. The predicted octanol–water partition coefficient (Wildman–Crippen LogP) is 3.78. The third kappa shape index (κ3) is 4.38. The molecule has 0 saturated carbocycles. The molecule has 0 spiro atoms. The van der Waals surface area contributed by atoms with Gasteiger partial charge in [-0.05, 0) is 35.4 Å². The number of hydrogen-bond donors (Lipinski definition) is 1. The fourth-order valence-corrected chi connectivity index (χ4v) is 2.27. The lowest BCUT2D eigenvalue weighted by Gasteiger charge is -2.17. The quantitative estimate of drug-likeness (QED) is 0.871.